The Labute approximate surface area is 198 Å². The van der Waals surface area contributed by atoms with Crippen molar-refractivity contribution in [2.45, 2.75) is 26.3 Å². The maximum atomic E-state index is 13.5. The van der Waals surface area contributed by atoms with E-state index in [4.69, 9.17) is 11.6 Å². The van der Waals surface area contributed by atoms with E-state index in [2.05, 4.69) is 21.8 Å². The van der Waals surface area contributed by atoms with Gasteiger partial charge in [-0.05, 0) is 72.8 Å². The Morgan fingerprint density at radius 1 is 1.06 bits per heavy atom. The molecular weight excluding hydrogens is 441 g/mol. The van der Waals surface area contributed by atoms with Gasteiger partial charge in [-0.1, -0.05) is 6.92 Å². The Hall–Kier alpha value is -2.77. The molecule has 0 atom stereocenters. The normalized spacial score (nSPS) is 17.8. The van der Waals surface area contributed by atoms with Gasteiger partial charge in [0.2, 0.25) is 11.2 Å². The lowest BCUT2D eigenvalue weighted by Gasteiger charge is -2.54. The van der Waals surface area contributed by atoms with Crippen molar-refractivity contribution in [2.24, 2.45) is 5.41 Å². The summed E-state index contributed by atoms with van der Waals surface area (Å²) in [6.45, 7) is 7.24. The second kappa shape index (κ2) is 8.88. The number of rotatable bonds is 5. The van der Waals surface area contributed by atoms with Gasteiger partial charge in [-0.2, -0.15) is 0 Å². The van der Waals surface area contributed by atoms with Crippen LogP contribution in [0.3, 0.4) is 0 Å². The lowest BCUT2D eigenvalue weighted by atomic mass is 9.72. The van der Waals surface area contributed by atoms with Crippen LogP contribution in [0.15, 0.2) is 48.8 Å². The number of pyridine rings is 1. The highest BCUT2D eigenvalue weighted by Gasteiger charge is 2.44. The Morgan fingerprint density at radius 3 is 2.36 bits per heavy atom. The van der Waals surface area contributed by atoms with Gasteiger partial charge in [0.15, 0.2) is 0 Å². The van der Waals surface area contributed by atoms with Crippen LogP contribution in [0.2, 0.25) is 5.28 Å². The summed E-state index contributed by atoms with van der Waals surface area (Å²) < 4.78 is 15.3. The minimum atomic E-state index is -0.318. The molecule has 1 spiro atoms. The zero-order valence-corrected chi connectivity index (χ0v) is 19.4. The topological polar surface area (TPSA) is 54.3 Å². The number of aromatic nitrogens is 3. The van der Waals surface area contributed by atoms with Crippen LogP contribution in [-0.2, 0) is 11.3 Å². The standard InChI is InChI=1S/C25H27ClFN5O/c1-2-30-16-25(17-30)9-13-31(14-10-25)21(33)15-32-23(19-7-11-28-12-8-19)22(29-24(32)26)18-3-5-20(27)6-4-18/h3-8,11-12H,2,9-10,13-17H2,1H3. The first-order valence-electron chi connectivity index (χ1n) is 11.4. The molecular formula is C25H27ClFN5O. The molecule has 1 amide bonds. The molecule has 3 aromatic rings. The number of nitrogens with zero attached hydrogens (tertiary/aromatic N) is 5. The van der Waals surface area contributed by atoms with Crippen molar-refractivity contribution in [3.05, 3.63) is 59.9 Å². The summed E-state index contributed by atoms with van der Waals surface area (Å²) in [6, 6.07) is 9.87. The first-order valence-corrected chi connectivity index (χ1v) is 11.8. The summed E-state index contributed by atoms with van der Waals surface area (Å²) in [7, 11) is 0. The third kappa shape index (κ3) is 4.27. The summed E-state index contributed by atoms with van der Waals surface area (Å²) in [5, 5.41) is 0.237. The zero-order valence-electron chi connectivity index (χ0n) is 18.7. The van der Waals surface area contributed by atoms with Crippen LogP contribution in [0.4, 0.5) is 4.39 Å². The summed E-state index contributed by atoms with van der Waals surface area (Å²) in [6.07, 6.45) is 5.48. The van der Waals surface area contributed by atoms with Gasteiger partial charge in [-0.25, -0.2) is 9.37 Å². The molecule has 4 heterocycles. The van der Waals surface area contributed by atoms with Gasteiger partial charge in [0.05, 0.1) is 11.4 Å². The Bertz CT molecular complexity index is 1130. The number of benzene rings is 1. The van der Waals surface area contributed by atoms with E-state index in [1.54, 1.807) is 29.1 Å². The van der Waals surface area contributed by atoms with Gasteiger partial charge >= 0.3 is 0 Å². The SMILES string of the molecule is CCN1CC2(CCN(C(=O)Cn3c(Cl)nc(-c4ccc(F)cc4)c3-c3ccncc3)CC2)C1. The molecule has 172 valence electrons. The predicted molar refractivity (Wildman–Crippen MR) is 126 cm³/mol. The van der Waals surface area contributed by atoms with E-state index < -0.39 is 0 Å². The van der Waals surface area contributed by atoms with Crippen LogP contribution in [-0.4, -0.2) is 63.0 Å². The fourth-order valence-electron chi connectivity index (χ4n) is 5.09. The Kier molecular flexibility index (Phi) is 5.93. The fraction of sp³-hybridized carbons (Fsp3) is 0.400. The van der Waals surface area contributed by atoms with Crippen molar-refractivity contribution >= 4 is 17.5 Å². The minimum Gasteiger partial charge on any atom is -0.341 e. The van der Waals surface area contributed by atoms with Crippen LogP contribution in [0, 0.1) is 11.2 Å². The maximum absolute atomic E-state index is 13.5. The molecule has 33 heavy (non-hydrogen) atoms. The molecule has 8 heteroatoms. The number of carbonyl (C=O) groups is 1. The lowest BCUT2D eigenvalue weighted by Crippen LogP contribution is -2.60. The monoisotopic (exact) mass is 467 g/mol. The Balaban J connectivity index is 1.40. The number of carbonyl (C=O) groups excluding carboxylic acids is 1. The lowest BCUT2D eigenvalue weighted by molar-refractivity contribution is -0.136. The van der Waals surface area contributed by atoms with Crippen molar-refractivity contribution in [2.75, 3.05) is 32.7 Å². The highest BCUT2D eigenvalue weighted by Crippen LogP contribution is 2.40. The van der Waals surface area contributed by atoms with Crippen molar-refractivity contribution < 1.29 is 9.18 Å². The van der Waals surface area contributed by atoms with Gasteiger partial charge in [0.25, 0.3) is 0 Å². The Morgan fingerprint density at radius 2 is 1.73 bits per heavy atom. The first-order chi connectivity index (χ1) is 16.0. The number of imidazole rings is 1. The number of hydrogen-bond donors (Lipinski definition) is 0. The molecule has 0 unspecified atom stereocenters. The predicted octanol–water partition coefficient (Wildman–Crippen LogP) is 4.35. The van der Waals surface area contributed by atoms with Crippen LogP contribution in [0.25, 0.3) is 22.5 Å². The number of likely N-dealkylation sites (tertiary alicyclic amines) is 2. The van der Waals surface area contributed by atoms with E-state index >= 15 is 0 Å². The molecule has 2 fully saturated rings. The summed E-state index contributed by atoms with van der Waals surface area (Å²) in [5.41, 5.74) is 3.32. The van der Waals surface area contributed by atoms with E-state index in [1.165, 1.54) is 12.1 Å². The molecule has 0 saturated carbocycles. The van der Waals surface area contributed by atoms with Crippen LogP contribution in [0.1, 0.15) is 19.8 Å². The van der Waals surface area contributed by atoms with E-state index in [1.807, 2.05) is 17.0 Å². The number of halogens is 2. The number of piperidine rings is 1. The second-order valence-corrected chi connectivity index (χ2v) is 9.43. The highest BCUT2D eigenvalue weighted by molar-refractivity contribution is 6.29. The average Bonchev–Trinajstić information content (AvgIpc) is 3.14. The summed E-state index contributed by atoms with van der Waals surface area (Å²) >= 11 is 6.56. The third-order valence-corrected chi connectivity index (χ3v) is 7.32. The number of hydrogen-bond acceptors (Lipinski definition) is 4. The van der Waals surface area contributed by atoms with Crippen molar-refractivity contribution in [3.8, 4) is 22.5 Å². The largest absolute Gasteiger partial charge is 0.341 e. The molecule has 0 aliphatic carbocycles. The smallest absolute Gasteiger partial charge is 0.242 e. The van der Waals surface area contributed by atoms with E-state index in [0.29, 0.717) is 11.1 Å². The van der Waals surface area contributed by atoms with Crippen LogP contribution in [0.5, 0.6) is 0 Å². The summed E-state index contributed by atoms with van der Waals surface area (Å²) in [4.78, 5) is 26.3. The van der Waals surface area contributed by atoms with Gasteiger partial charge in [-0.15, -0.1) is 0 Å². The molecule has 2 aliphatic rings. The quantitative estimate of drug-likeness (QED) is 0.560. The van der Waals surface area contributed by atoms with Crippen molar-refractivity contribution in [1.82, 2.24) is 24.3 Å². The molecule has 5 rings (SSSR count). The molecule has 2 aliphatic heterocycles. The highest BCUT2D eigenvalue weighted by atomic mass is 35.5. The fourth-order valence-corrected chi connectivity index (χ4v) is 5.32. The third-order valence-electron chi connectivity index (χ3n) is 7.03. The van der Waals surface area contributed by atoms with Gasteiger partial charge in [-0.3, -0.25) is 9.78 Å². The molecule has 1 aromatic carbocycles. The van der Waals surface area contributed by atoms with E-state index in [-0.39, 0.29) is 23.6 Å². The van der Waals surface area contributed by atoms with E-state index in [0.717, 1.165) is 62.4 Å². The van der Waals surface area contributed by atoms with Crippen LogP contribution < -0.4 is 0 Å². The second-order valence-electron chi connectivity index (χ2n) is 9.09. The van der Waals surface area contributed by atoms with Crippen molar-refractivity contribution in [3.63, 3.8) is 0 Å². The van der Waals surface area contributed by atoms with Crippen molar-refractivity contribution in [1.29, 1.82) is 0 Å². The molecule has 2 saturated heterocycles. The van der Waals surface area contributed by atoms with Gasteiger partial charge < -0.3 is 14.4 Å². The number of amides is 1. The average molecular weight is 468 g/mol. The maximum Gasteiger partial charge on any atom is 0.242 e. The molecule has 6 nitrogen and oxygen atoms in total. The van der Waals surface area contributed by atoms with E-state index in [9.17, 15) is 9.18 Å². The summed E-state index contributed by atoms with van der Waals surface area (Å²) in [5.74, 6) is -0.280. The molecule has 0 radical (unpaired) electrons. The molecule has 0 N–H and O–H groups in total. The first kappa shape index (κ1) is 22.0. The van der Waals surface area contributed by atoms with Gasteiger partial charge in [0.1, 0.15) is 12.4 Å². The van der Waals surface area contributed by atoms with Gasteiger partial charge in [0, 0.05) is 49.7 Å². The minimum absolute atomic E-state index is 0.0387. The zero-order chi connectivity index (χ0) is 23.0. The molecule has 0 bridgehead atoms. The molecule has 2 aromatic heterocycles. The van der Waals surface area contributed by atoms with Crippen LogP contribution >= 0.6 is 11.6 Å².